The number of carbonyl (C=O) groups is 5. The largest absolute Gasteiger partial charge is 0.496 e. The number of piperidine rings is 3. The van der Waals surface area contributed by atoms with Crippen LogP contribution < -0.4 is 40.1 Å². The zero-order valence-electron chi connectivity index (χ0n) is 39.1. The Morgan fingerprint density at radius 3 is 2.34 bits per heavy atom. The number of aliphatic hydroxyl groups is 1. The third-order valence-electron chi connectivity index (χ3n) is 15.4. The number of fused-ring (bicyclic) bond motifs is 1. The molecule has 1 unspecified atom stereocenters. The number of amides is 5. The molecule has 1 atom stereocenters. The van der Waals surface area contributed by atoms with Crippen LogP contribution in [0.25, 0.3) is 0 Å². The van der Waals surface area contributed by atoms with Crippen molar-refractivity contribution in [2.24, 2.45) is 11.3 Å². The number of aromatic nitrogens is 2. The molecule has 1 aromatic heterocycles. The monoisotopic (exact) mass is 917 g/mol. The number of anilines is 5. The maximum atomic E-state index is 13.9. The molecule has 2 aliphatic carbocycles. The SMILES string of the molecule is C/C=C1\C(=O)N(C)c2cnc(Nc3ccc(C(=O)NC4(CCO)CC5(CCN(C(=O)C6CCN(c7ccc(C8CCC(=O)NC8=O)c(OC)c7)CC6)CC5)C4)cc3OC)nc2N1C1CCCC1. The van der Waals surface area contributed by atoms with E-state index in [0.717, 1.165) is 88.5 Å². The molecule has 17 nitrogen and oxygen atoms in total. The summed E-state index contributed by atoms with van der Waals surface area (Å²) in [6.45, 7) is 4.62. The van der Waals surface area contributed by atoms with Crippen molar-refractivity contribution in [1.29, 1.82) is 0 Å². The number of likely N-dealkylation sites (N-methyl/N-ethyl adjacent to an activating group) is 1. The first-order chi connectivity index (χ1) is 32.4. The number of methoxy groups -OCH3 is 2. The lowest BCUT2D eigenvalue weighted by atomic mass is 9.52. The average Bonchev–Trinajstić information content (AvgIpc) is 3.87. The lowest BCUT2D eigenvalue weighted by Crippen LogP contribution is -2.64. The average molecular weight is 918 g/mol. The summed E-state index contributed by atoms with van der Waals surface area (Å²) in [5.41, 5.74) is 3.45. The van der Waals surface area contributed by atoms with Gasteiger partial charge in [-0.25, -0.2) is 4.98 Å². The number of likely N-dealkylation sites (tertiary alicyclic amines) is 1. The summed E-state index contributed by atoms with van der Waals surface area (Å²) in [5.74, 6) is 0.912. The van der Waals surface area contributed by atoms with E-state index in [1.165, 1.54) is 0 Å². The van der Waals surface area contributed by atoms with Gasteiger partial charge in [-0.1, -0.05) is 25.0 Å². The minimum absolute atomic E-state index is 0.00882. The van der Waals surface area contributed by atoms with E-state index in [1.807, 2.05) is 36.1 Å². The van der Waals surface area contributed by atoms with Crippen LogP contribution in [-0.2, 0) is 19.2 Å². The van der Waals surface area contributed by atoms with E-state index < -0.39 is 11.5 Å². The molecular weight excluding hydrogens is 855 g/mol. The first-order valence-corrected chi connectivity index (χ1v) is 23.9. The van der Waals surface area contributed by atoms with E-state index in [2.05, 4.69) is 30.7 Å². The van der Waals surface area contributed by atoms with Crippen LogP contribution in [0.5, 0.6) is 11.5 Å². The van der Waals surface area contributed by atoms with Crippen LogP contribution in [0.2, 0.25) is 0 Å². The Labute approximate surface area is 391 Å². The third-order valence-corrected chi connectivity index (χ3v) is 15.4. The molecule has 4 N–H and O–H groups in total. The number of carbonyl (C=O) groups excluding carboxylic acids is 5. The van der Waals surface area contributed by atoms with Crippen LogP contribution in [0.1, 0.15) is 112 Å². The van der Waals surface area contributed by atoms with Crippen LogP contribution in [0.15, 0.2) is 54.4 Å². The Hall–Kier alpha value is -6.23. The number of benzene rings is 2. The van der Waals surface area contributed by atoms with Crippen molar-refractivity contribution in [3.8, 4) is 11.5 Å². The summed E-state index contributed by atoms with van der Waals surface area (Å²) in [5, 5.41) is 19.2. The molecule has 67 heavy (non-hydrogen) atoms. The van der Waals surface area contributed by atoms with Crippen LogP contribution >= 0.6 is 0 Å². The van der Waals surface area contributed by atoms with Gasteiger partial charge in [0.15, 0.2) is 5.82 Å². The zero-order valence-corrected chi connectivity index (χ0v) is 39.1. The van der Waals surface area contributed by atoms with E-state index in [-0.39, 0.29) is 53.5 Å². The third kappa shape index (κ3) is 8.89. The number of ether oxygens (including phenoxy) is 2. The summed E-state index contributed by atoms with van der Waals surface area (Å²) in [7, 11) is 4.88. The fourth-order valence-electron chi connectivity index (χ4n) is 11.8. The van der Waals surface area contributed by atoms with Gasteiger partial charge in [-0.05, 0) is 101 Å². The van der Waals surface area contributed by atoms with Crippen molar-refractivity contribution in [3.05, 3.63) is 65.5 Å². The molecule has 5 amide bonds. The number of aliphatic hydroxyl groups excluding tert-OH is 1. The van der Waals surface area contributed by atoms with Gasteiger partial charge in [0, 0.05) is 86.6 Å². The second-order valence-electron chi connectivity index (χ2n) is 19.4. The van der Waals surface area contributed by atoms with Gasteiger partial charge in [0.05, 0.1) is 32.0 Å². The van der Waals surface area contributed by atoms with Gasteiger partial charge in [0.2, 0.25) is 23.7 Å². The molecule has 6 aliphatic rings. The Morgan fingerprint density at radius 1 is 0.940 bits per heavy atom. The van der Waals surface area contributed by atoms with Crippen molar-refractivity contribution in [3.63, 3.8) is 0 Å². The molecule has 17 heteroatoms. The second kappa shape index (κ2) is 18.8. The highest BCUT2D eigenvalue weighted by Gasteiger charge is 2.56. The number of allylic oxidation sites excluding steroid dienone is 1. The number of imide groups is 1. The van der Waals surface area contributed by atoms with Crippen LogP contribution in [0.3, 0.4) is 0 Å². The number of nitrogens with zero attached hydrogens (tertiary/aromatic N) is 6. The lowest BCUT2D eigenvalue weighted by Gasteiger charge is -2.59. The quantitative estimate of drug-likeness (QED) is 0.130. The molecular formula is C50H63N9O8. The van der Waals surface area contributed by atoms with Crippen molar-refractivity contribution in [1.82, 2.24) is 25.5 Å². The Morgan fingerprint density at radius 2 is 1.67 bits per heavy atom. The molecule has 9 rings (SSSR count). The highest BCUT2D eigenvalue weighted by molar-refractivity contribution is 6.12. The van der Waals surface area contributed by atoms with E-state index in [1.54, 1.807) is 50.6 Å². The lowest BCUT2D eigenvalue weighted by molar-refractivity contribution is -0.141. The van der Waals surface area contributed by atoms with Gasteiger partial charge >= 0.3 is 0 Å². The molecule has 4 aliphatic heterocycles. The first-order valence-electron chi connectivity index (χ1n) is 23.9. The van der Waals surface area contributed by atoms with E-state index in [4.69, 9.17) is 14.5 Å². The maximum Gasteiger partial charge on any atom is 0.274 e. The molecule has 3 saturated heterocycles. The molecule has 356 valence electrons. The minimum Gasteiger partial charge on any atom is -0.496 e. The van der Waals surface area contributed by atoms with Crippen molar-refractivity contribution in [2.45, 2.75) is 108 Å². The van der Waals surface area contributed by atoms with E-state index in [0.29, 0.717) is 78.3 Å². The van der Waals surface area contributed by atoms with Crippen LogP contribution in [0.4, 0.5) is 28.8 Å². The van der Waals surface area contributed by atoms with Gasteiger partial charge in [0.25, 0.3) is 11.8 Å². The fraction of sp³-hybridized carbons (Fsp3) is 0.540. The molecule has 0 radical (unpaired) electrons. The zero-order chi connectivity index (χ0) is 47.0. The van der Waals surface area contributed by atoms with Gasteiger partial charge in [-0.3, -0.25) is 29.3 Å². The number of rotatable bonds is 12. The summed E-state index contributed by atoms with van der Waals surface area (Å²) >= 11 is 0. The standard InChI is InChI=1S/C50H63N9O8/c1-5-38-47(65)56(2)39-28-51-48(54-43(39)59(38)33-8-6-7-9-33)52-37-14-10-32(26-41(37)67-4)44(62)55-50(20-25-60)29-49(30-50)18-23-58(24-19-49)46(64)31-16-21-57(22-17-31)34-11-12-35(40(27-34)66-3)36-13-15-42(61)53-45(36)63/h5,10-12,14,26-28,31,33,36,60H,6-9,13,15-25,29-30H2,1-4H3,(H,55,62)(H,51,52,54)(H,53,61,63)/b38-5+. The number of hydrogen-bond acceptors (Lipinski definition) is 13. The van der Waals surface area contributed by atoms with E-state index in [9.17, 15) is 29.1 Å². The predicted molar refractivity (Wildman–Crippen MR) is 253 cm³/mol. The number of hydrogen-bond donors (Lipinski definition) is 4. The topological polar surface area (TPSA) is 199 Å². The highest BCUT2D eigenvalue weighted by atomic mass is 16.5. The first kappa shape index (κ1) is 45.9. The summed E-state index contributed by atoms with van der Waals surface area (Å²) in [6, 6.07) is 11.3. The van der Waals surface area contributed by atoms with E-state index >= 15 is 0 Å². The summed E-state index contributed by atoms with van der Waals surface area (Å²) in [6.07, 6.45) is 13.5. The molecule has 2 saturated carbocycles. The molecule has 2 aromatic carbocycles. The van der Waals surface area contributed by atoms with Crippen LogP contribution in [0, 0.1) is 11.3 Å². The van der Waals surface area contributed by atoms with Gasteiger partial charge in [-0.2, -0.15) is 4.98 Å². The Balaban J connectivity index is 0.787. The molecule has 5 heterocycles. The highest BCUT2D eigenvalue weighted by Crippen LogP contribution is 2.56. The predicted octanol–water partition coefficient (Wildman–Crippen LogP) is 5.56. The minimum atomic E-state index is -0.555. The maximum absolute atomic E-state index is 13.9. The van der Waals surface area contributed by atoms with Gasteiger partial charge < -0.3 is 44.8 Å². The van der Waals surface area contributed by atoms with Gasteiger partial charge in [0.1, 0.15) is 22.9 Å². The second-order valence-corrected chi connectivity index (χ2v) is 19.4. The fourth-order valence-corrected chi connectivity index (χ4v) is 11.8. The smallest absolute Gasteiger partial charge is 0.274 e. The molecule has 0 bridgehead atoms. The molecule has 3 aromatic rings. The Kier molecular flexibility index (Phi) is 12.9. The molecule has 1 spiro atoms. The number of nitrogens with one attached hydrogen (secondary N) is 3. The normalized spacial score (nSPS) is 22.4. The van der Waals surface area contributed by atoms with Crippen molar-refractivity contribution in [2.75, 3.05) is 74.1 Å². The van der Waals surface area contributed by atoms with Crippen molar-refractivity contribution >= 4 is 58.4 Å². The van der Waals surface area contributed by atoms with Gasteiger partial charge in [-0.15, -0.1) is 0 Å². The van der Waals surface area contributed by atoms with Crippen LogP contribution in [-0.4, -0.2) is 115 Å². The molecule has 5 fully saturated rings. The Bertz CT molecular complexity index is 2450. The summed E-state index contributed by atoms with van der Waals surface area (Å²) in [4.78, 5) is 82.7. The summed E-state index contributed by atoms with van der Waals surface area (Å²) < 4.78 is 11.5. The van der Waals surface area contributed by atoms with Crippen molar-refractivity contribution < 1.29 is 38.6 Å².